The van der Waals surface area contributed by atoms with Crippen molar-refractivity contribution in [3.8, 4) is 11.3 Å². The number of carbonyl (C=O) groups excluding carboxylic acids is 1. The third-order valence-corrected chi connectivity index (χ3v) is 4.43. The third-order valence-electron chi connectivity index (χ3n) is 3.37. The van der Waals surface area contributed by atoms with Crippen LogP contribution >= 0.6 is 11.3 Å². The van der Waals surface area contributed by atoms with Crippen molar-refractivity contribution in [1.29, 1.82) is 0 Å². The van der Waals surface area contributed by atoms with E-state index < -0.39 is 0 Å². The van der Waals surface area contributed by atoms with Gasteiger partial charge in [0.05, 0.1) is 17.2 Å². The lowest BCUT2D eigenvalue weighted by atomic mass is 10.2. The van der Waals surface area contributed by atoms with E-state index in [9.17, 15) is 4.79 Å². The molecule has 0 saturated heterocycles. The average molecular weight is 328 g/mol. The lowest BCUT2D eigenvalue weighted by molar-refractivity contribution is 0.0776. The molecule has 0 aromatic carbocycles. The van der Waals surface area contributed by atoms with E-state index in [2.05, 4.69) is 15.1 Å². The maximum absolute atomic E-state index is 12.5. The summed E-state index contributed by atoms with van der Waals surface area (Å²) >= 11 is 1.41. The van der Waals surface area contributed by atoms with E-state index in [1.807, 2.05) is 32.0 Å². The van der Waals surface area contributed by atoms with Crippen LogP contribution in [0.4, 0.5) is 0 Å². The summed E-state index contributed by atoms with van der Waals surface area (Å²) in [6.07, 6.45) is 3.41. The first-order valence-electron chi connectivity index (χ1n) is 7.10. The quantitative estimate of drug-likeness (QED) is 0.736. The predicted octanol–water partition coefficient (Wildman–Crippen LogP) is 3.08. The molecule has 6 nitrogen and oxygen atoms in total. The van der Waals surface area contributed by atoms with E-state index in [1.165, 1.54) is 11.3 Å². The Morgan fingerprint density at radius 1 is 1.30 bits per heavy atom. The predicted molar refractivity (Wildman–Crippen MR) is 87.1 cm³/mol. The van der Waals surface area contributed by atoms with E-state index in [0.717, 1.165) is 22.0 Å². The van der Waals surface area contributed by atoms with E-state index in [4.69, 9.17) is 4.52 Å². The van der Waals surface area contributed by atoms with E-state index in [1.54, 1.807) is 24.3 Å². The molecule has 0 unspecified atom stereocenters. The minimum atomic E-state index is -0.0602. The molecule has 0 atom stereocenters. The molecule has 0 saturated carbocycles. The molecule has 118 valence electrons. The Kier molecular flexibility index (Phi) is 4.20. The minimum Gasteiger partial charge on any atom is -0.359 e. The van der Waals surface area contributed by atoms with Gasteiger partial charge in [0.2, 0.25) is 0 Å². The number of aromatic nitrogens is 3. The molecule has 0 aliphatic heterocycles. The molecule has 1 amide bonds. The smallest absolute Gasteiger partial charge is 0.266 e. The van der Waals surface area contributed by atoms with Crippen LogP contribution in [0.1, 0.15) is 26.1 Å². The number of carbonyl (C=O) groups is 1. The van der Waals surface area contributed by atoms with Crippen LogP contribution in [0.3, 0.4) is 0 Å². The zero-order valence-electron chi connectivity index (χ0n) is 13.1. The van der Waals surface area contributed by atoms with Crippen LogP contribution in [0.2, 0.25) is 0 Å². The highest BCUT2D eigenvalue weighted by molar-refractivity contribution is 7.13. The van der Waals surface area contributed by atoms with E-state index >= 15 is 0 Å². The monoisotopic (exact) mass is 328 g/mol. The fourth-order valence-corrected chi connectivity index (χ4v) is 3.17. The van der Waals surface area contributed by atoms with Crippen molar-refractivity contribution >= 4 is 17.2 Å². The van der Waals surface area contributed by atoms with Gasteiger partial charge in [-0.1, -0.05) is 5.16 Å². The van der Waals surface area contributed by atoms with Crippen LogP contribution in [-0.4, -0.2) is 33.0 Å². The second kappa shape index (κ2) is 6.29. The molecule has 0 aliphatic rings. The van der Waals surface area contributed by atoms with Gasteiger partial charge in [-0.2, -0.15) is 0 Å². The molecule has 0 N–H and O–H groups in total. The number of pyridine rings is 1. The van der Waals surface area contributed by atoms with Gasteiger partial charge < -0.3 is 9.42 Å². The highest BCUT2D eigenvalue weighted by Gasteiger charge is 2.19. The van der Waals surface area contributed by atoms with Gasteiger partial charge in [0.1, 0.15) is 10.6 Å². The van der Waals surface area contributed by atoms with E-state index in [-0.39, 0.29) is 5.91 Å². The Balaban J connectivity index is 1.73. The van der Waals surface area contributed by atoms with Crippen LogP contribution in [0.5, 0.6) is 0 Å². The summed E-state index contributed by atoms with van der Waals surface area (Å²) in [7, 11) is 1.74. The third kappa shape index (κ3) is 3.29. The Labute approximate surface area is 137 Å². The first-order chi connectivity index (χ1) is 11.0. The highest BCUT2D eigenvalue weighted by Crippen LogP contribution is 2.21. The number of amides is 1. The van der Waals surface area contributed by atoms with Gasteiger partial charge in [-0.15, -0.1) is 11.3 Å². The maximum Gasteiger partial charge on any atom is 0.266 e. The Bertz CT molecular complexity index is 826. The first kappa shape index (κ1) is 15.4. The molecule has 3 aromatic heterocycles. The summed E-state index contributed by atoms with van der Waals surface area (Å²) in [6.45, 7) is 4.10. The van der Waals surface area contributed by atoms with Crippen molar-refractivity contribution in [2.45, 2.75) is 20.4 Å². The molecule has 3 aromatic rings. The molecule has 3 rings (SSSR count). The number of nitrogens with zero attached hydrogens (tertiary/aromatic N) is 4. The number of hydrogen-bond donors (Lipinski definition) is 0. The van der Waals surface area contributed by atoms with Gasteiger partial charge in [-0.25, -0.2) is 4.98 Å². The molecule has 23 heavy (non-hydrogen) atoms. The summed E-state index contributed by atoms with van der Waals surface area (Å²) in [5, 5.41) is 4.93. The summed E-state index contributed by atoms with van der Waals surface area (Å²) in [5.41, 5.74) is 2.42. The van der Waals surface area contributed by atoms with Crippen molar-refractivity contribution in [2.75, 3.05) is 7.05 Å². The zero-order valence-corrected chi connectivity index (χ0v) is 13.9. The highest BCUT2D eigenvalue weighted by atomic mass is 32.1. The normalized spacial score (nSPS) is 10.7. The van der Waals surface area contributed by atoms with Crippen LogP contribution in [0.15, 0.2) is 35.1 Å². The van der Waals surface area contributed by atoms with E-state index in [0.29, 0.717) is 17.2 Å². The van der Waals surface area contributed by atoms with Crippen molar-refractivity contribution in [1.82, 2.24) is 20.0 Å². The first-order valence-corrected chi connectivity index (χ1v) is 7.91. The van der Waals surface area contributed by atoms with Gasteiger partial charge in [-0.05, 0) is 26.0 Å². The van der Waals surface area contributed by atoms with Crippen LogP contribution < -0.4 is 0 Å². The molecule has 0 bridgehead atoms. The fourth-order valence-electron chi connectivity index (χ4n) is 2.25. The Morgan fingerprint density at radius 3 is 2.70 bits per heavy atom. The largest absolute Gasteiger partial charge is 0.359 e. The van der Waals surface area contributed by atoms with Gasteiger partial charge in [0, 0.05) is 31.1 Å². The lowest BCUT2D eigenvalue weighted by Gasteiger charge is -2.14. The molecule has 7 heteroatoms. The second-order valence-corrected chi connectivity index (χ2v) is 6.43. The van der Waals surface area contributed by atoms with Crippen LogP contribution in [0.25, 0.3) is 11.3 Å². The van der Waals surface area contributed by atoms with Gasteiger partial charge in [0.25, 0.3) is 5.91 Å². The summed E-state index contributed by atoms with van der Waals surface area (Å²) in [5.74, 6) is 0.571. The van der Waals surface area contributed by atoms with Crippen molar-refractivity contribution in [2.24, 2.45) is 0 Å². The van der Waals surface area contributed by atoms with Gasteiger partial charge >= 0.3 is 0 Å². The van der Waals surface area contributed by atoms with Gasteiger partial charge in [0.15, 0.2) is 5.76 Å². The van der Waals surface area contributed by atoms with Crippen LogP contribution in [-0.2, 0) is 6.54 Å². The van der Waals surface area contributed by atoms with Crippen molar-refractivity contribution in [3.63, 3.8) is 0 Å². The number of rotatable bonds is 4. The molecule has 0 spiro atoms. The van der Waals surface area contributed by atoms with Crippen LogP contribution in [0, 0.1) is 13.8 Å². The SMILES string of the molecule is Cc1nc(C)c(C(=O)N(C)Cc2cc(-c3ccncc3)no2)s1. The molecule has 0 aliphatic carbocycles. The maximum atomic E-state index is 12.5. The molecular formula is C16H16N4O2S. The zero-order chi connectivity index (χ0) is 16.4. The molecule has 0 fully saturated rings. The van der Waals surface area contributed by atoms with Crippen molar-refractivity contribution < 1.29 is 9.32 Å². The average Bonchev–Trinajstić information content (AvgIpc) is 3.13. The number of hydrogen-bond acceptors (Lipinski definition) is 6. The molecule has 3 heterocycles. The number of thiazole rings is 1. The Morgan fingerprint density at radius 2 is 2.04 bits per heavy atom. The van der Waals surface area contributed by atoms with Crippen molar-refractivity contribution in [3.05, 3.63) is 51.9 Å². The standard InChI is InChI=1S/C16H16N4O2S/c1-10-15(23-11(2)18-10)16(21)20(3)9-13-8-14(19-22-13)12-4-6-17-7-5-12/h4-8H,9H2,1-3H3. The Hall–Kier alpha value is -2.54. The number of aryl methyl sites for hydroxylation is 2. The molecular weight excluding hydrogens is 312 g/mol. The minimum absolute atomic E-state index is 0.0602. The molecule has 0 radical (unpaired) electrons. The van der Waals surface area contributed by atoms with Gasteiger partial charge in [-0.3, -0.25) is 9.78 Å². The summed E-state index contributed by atoms with van der Waals surface area (Å²) in [4.78, 5) is 23.0. The fraction of sp³-hybridized carbons (Fsp3) is 0.250. The topological polar surface area (TPSA) is 72.1 Å². The summed E-state index contributed by atoms with van der Waals surface area (Å²) < 4.78 is 5.33. The lowest BCUT2D eigenvalue weighted by Crippen LogP contribution is -2.25. The second-order valence-electron chi connectivity index (χ2n) is 5.22. The summed E-state index contributed by atoms with van der Waals surface area (Å²) in [6, 6.07) is 5.56.